The van der Waals surface area contributed by atoms with Crippen molar-refractivity contribution in [1.82, 2.24) is 0 Å². The van der Waals surface area contributed by atoms with E-state index in [-0.39, 0.29) is 22.6 Å². The Morgan fingerprint density at radius 3 is 2.16 bits per heavy atom. The number of aliphatic carboxylic acids is 1. The Morgan fingerprint density at radius 1 is 0.895 bits per heavy atom. The van der Waals surface area contributed by atoms with Gasteiger partial charge in [-0.25, -0.2) is 9.59 Å². The monoisotopic (exact) mass is 519 g/mol. The fraction of sp³-hybridized carbons (Fsp3) is 0.241. The number of ether oxygens (including phenoxy) is 3. The Balaban J connectivity index is 1.57. The van der Waals surface area contributed by atoms with Crippen LogP contribution in [0.3, 0.4) is 0 Å². The van der Waals surface area contributed by atoms with Crippen LogP contribution in [0.25, 0.3) is 11.1 Å². The molecule has 0 radical (unpaired) electrons. The highest BCUT2D eigenvalue weighted by molar-refractivity contribution is 5.92. The number of carboxylic acids is 1. The number of hydrogen-bond acceptors (Lipinski definition) is 7. The predicted octanol–water partition coefficient (Wildman–Crippen LogP) is 6.46. The number of carboxylic acid groups (broad SMARTS) is 1. The number of unbranched alkanes of at least 4 members (excludes halogenated alkanes) is 2. The molecular weight excluding hydrogens is 490 g/mol. The van der Waals surface area contributed by atoms with E-state index in [2.05, 4.69) is 6.58 Å². The third-order valence-corrected chi connectivity index (χ3v) is 5.64. The van der Waals surface area contributed by atoms with Crippen molar-refractivity contribution in [3.63, 3.8) is 0 Å². The summed E-state index contributed by atoms with van der Waals surface area (Å²) in [6.45, 7) is 6.36. The van der Waals surface area contributed by atoms with Gasteiger partial charge in [-0.15, -0.1) is 0 Å². The molecule has 3 rings (SSSR count). The first-order valence-corrected chi connectivity index (χ1v) is 12.2. The second kappa shape index (κ2) is 13.6. The van der Waals surface area contributed by atoms with Gasteiger partial charge in [-0.3, -0.25) is 10.1 Å². The van der Waals surface area contributed by atoms with Crippen molar-refractivity contribution in [3.8, 4) is 28.4 Å². The van der Waals surface area contributed by atoms with Crippen LogP contribution in [0.5, 0.6) is 17.2 Å². The van der Waals surface area contributed by atoms with Crippen LogP contribution >= 0.6 is 0 Å². The zero-order valence-electron chi connectivity index (χ0n) is 21.1. The lowest BCUT2D eigenvalue weighted by Gasteiger charge is -2.09. The molecule has 198 valence electrons. The lowest BCUT2D eigenvalue weighted by atomic mass is 10.0. The second-order valence-corrected chi connectivity index (χ2v) is 8.38. The van der Waals surface area contributed by atoms with Crippen LogP contribution in [0, 0.1) is 10.1 Å². The first-order chi connectivity index (χ1) is 18.3. The van der Waals surface area contributed by atoms with Gasteiger partial charge >= 0.3 is 17.6 Å². The van der Waals surface area contributed by atoms with Gasteiger partial charge in [0.2, 0.25) is 5.75 Å². The lowest BCUT2D eigenvalue weighted by Crippen LogP contribution is -2.10. The Labute approximate surface area is 220 Å². The van der Waals surface area contributed by atoms with Crippen molar-refractivity contribution in [2.24, 2.45) is 0 Å². The normalized spacial score (nSPS) is 10.4. The number of carbonyl (C=O) groups excluding carboxylic acids is 1. The highest BCUT2D eigenvalue weighted by Gasteiger charge is 2.20. The number of esters is 1. The second-order valence-electron chi connectivity index (χ2n) is 8.38. The molecule has 0 aliphatic heterocycles. The summed E-state index contributed by atoms with van der Waals surface area (Å²) in [4.78, 5) is 34.5. The molecule has 0 saturated carbocycles. The van der Waals surface area contributed by atoms with E-state index in [1.54, 1.807) is 42.5 Å². The summed E-state index contributed by atoms with van der Waals surface area (Å²) in [6, 6.07) is 17.9. The quantitative estimate of drug-likeness (QED) is 0.0642. The minimum Gasteiger partial charge on any atom is -0.494 e. The van der Waals surface area contributed by atoms with E-state index in [0.717, 1.165) is 18.4 Å². The smallest absolute Gasteiger partial charge is 0.343 e. The first-order valence-electron chi connectivity index (χ1n) is 12.2. The summed E-state index contributed by atoms with van der Waals surface area (Å²) in [7, 11) is 0. The van der Waals surface area contributed by atoms with E-state index in [0.29, 0.717) is 43.1 Å². The molecule has 38 heavy (non-hydrogen) atoms. The summed E-state index contributed by atoms with van der Waals surface area (Å²) >= 11 is 0. The number of rotatable bonds is 14. The molecule has 0 spiro atoms. The molecule has 9 heteroatoms. The summed E-state index contributed by atoms with van der Waals surface area (Å²) < 4.78 is 16.4. The van der Waals surface area contributed by atoms with Gasteiger partial charge in [-0.2, -0.15) is 0 Å². The van der Waals surface area contributed by atoms with Crippen LogP contribution in [0.2, 0.25) is 0 Å². The van der Waals surface area contributed by atoms with Crippen LogP contribution in [0.1, 0.15) is 43.0 Å². The minimum absolute atomic E-state index is 0.152. The van der Waals surface area contributed by atoms with Crippen LogP contribution < -0.4 is 14.2 Å². The van der Waals surface area contributed by atoms with Crippen LogP contribution in [-0.4, -0.2) is 35.2 Å². The van der Waals surface area contributed by atoms with E-state index in [9.17, 15) is 19.7 Å². The molecule has 0 aliphatic rings. The van der Waals surface area contributed by atoms with Crippen molar-refractivity contribution >= 4 is 17.6 Å². The molecule has 0 aliphatic carbocycles. The SMILES string of the molecule is C=C(CCCCCOc1ccc(C(=O)Oc2ccc(-c3ccc(OCC)cc3)cc2[N+](=O)[O-])cc1)C(=O)O. The molecule has 1 N–H and O–H groups in total. The fourth-order valence-corrected chi connectivity index (χ4v) is 3.60. The average Bonchev–Trinajstić information content (AvgIpc) is 2.91. The van der Waals surface area contributed by atoms with Crippen molar-refractivity contribution in [1.29, 1.82) is 0 Å². The standard InChI is InChI=1S/C29H29NO8/c1-3-36-24-13-8-21(9-14-24)23-12-17-27(26(19-23)30(34)35)38-29(33)22-10-15-25(16-11-22)37-18-6-4-5-7-20(2)28(31)32/h8-17,19H,2-7,18H2,1H3,(H,31,32). The molecule has 0 saturated heterocycles. The molecule has 9 nitrogen and oxygen atoms in total. The number of carbonyl (C=O) groups is 2. The molecule has 0 bridgehead atoms. The minimum atomic E-state index is -0.976. The Bertz CT molecular complexity index is 1280. The highest BCUT2D eigenvalue weighted by Crippen LogP contribution is 2.33. The van der Waals surface area contributed by atoms with Gasteiger partial charge in [0.05, 0.1) is 23.7 Å². The van der Waals surface area contributed by atoms with Gasteiger partial charge < -0.3 is 19.3 Å². The zero-order chi connectivity index (χ0) is 27.5. The number of benzene rings is 3. The van der Waals surface area contributed by atoms with Gasteiger partial charge in [0, 0.05) is 11.6 Å². The maximum Gasteiger partial charge on any atom is 0.343 e. The van der Waals surface area contributed by atoms with Crippen molar-refractivity contribution in [2.75, 3.05) is 13.2 Å². The Hall–Kier alpha value is -4.66. The van der Waals surface area contributed by atoms with Crippen LogP contribution in [0.4, 0.5) is 5.69 Å². The molecule has 0 aromatic heterocycles. The van der Waals surface area contributed by atoms with E-state index < -0.39 is 16.9 Å². The molecule has 3 aromatic rings. The molecular formula is C29H29NO8. The highest BCUT2D eigenvalue weighted by atomic mass is 16.6. The Morgan fingerprint density at radius 2 is 1.53 bits per heavy atom. The number of nitro benzene ring substituents is 1. The molecule has 0 heterocycles. The average molecular weight is 520 g/mol. The molecule has 0 amide bonds. The van der Waals surface area contributed by atoms with E-state index in [4.69, 9.17) is 19.3 Å². The molecule has 0 fully saturated rings. The summed E-state index contributed by atoms with van der Waals surface area (Å²) in [6.07, 6.45) is 2.70. The van der Waals surface area contributed by atoms with E-state index in [1.807, 2.05) is 6.92 Å². The maximum atomic E-state index is 12.6. The summed E-state index contributed by atoms with van der Waals surface area (Å²) in [5.41, 5.74) is 1.46. The summed E-state index contributed by atoms with van der Waals surface area (Å²) in [5.74, 6) is -0.599. The summed E-state index contributed by atoms with van der Waals surface area (Å²) in [5, 5.41) is 20.5. The number of hydrogen-bond donors (Lipinski definition) is 1. The zero-order valence-corrected chi connectivity index (χ0v) is 21.1. The van der Waals surface area contributed by atoms with E-state index >= 15 is 0 Å². The third kappa shape index (κ3) is 7.92. The largest absolute Gasteiger partial charge is 0.494 e. The van der Waals surface area contributed by atoms with Gasteiger partial charge in [-0.05, 0) is 86.2 Å². The Kier molecular flexibility index (Phi) is 9.99. The van der Waals surface area contributed by atoms with Crippen molar-refractivity contribution in [2.45, 2.75) is 32.6 Å². The van der Waals surface area contributed by atoms with Crippen LogP contribution in [0.15, 0.2) is 78.9 Å². The van der Waals surface area contributed by atoms with Gasteiger partial charge in [0.1, 0.15) is 11.5 Å². The van der Waals surface area contributed by atoms with E-state index in [1.165, 1.54) is 24.3 Å². The van der Waals surface area contributed by atoms with Gasteiger partial charge in [0.25, 0.3) is 0 Å². The topological polar surface area (TPSA) is 125 Å². The van der Waals surface area contributed by atoms with Crippen LogP contribution in [-0.2, 0) is 4.79 Å². The van der Waals surface area contributed by atoms with Crippen molar-refractivity contribution in [3.05, 3.63) is 94.6 Å². The molecule has 0 atom stereocenters. The maximum absolute atomic E-state index is 12.6. The number of nitrogens with zero attached hydrogens (tertiary/aromatic N) is 1. The predicted molar refractivity (Wildman–Crippen MR) is 142 cm³/mol. The fourth-order valence-electron chi connectivity index (χ4n) is 3.60. The first kappa shape index (κ1) is 27.9. The third-order valence-electron chi connectivity index (χ3n) is 5.64. The number of nitro groups is 1. The van der Waals surface area contributed by atoms with Gasteiger partial charge in [-0.1, -0.05) is 24.8 Å². The van der Waals surface area contributed by atoms with Crippen molar-refractivity contribution < 1.29 is 33.8 Å². The van der Waals surface area contributed by atoms with Gasteiger partial charge in [0.15, 0.2) is 0 Å². The lowest BCUT2D eigenvalue weighted by molar-refractivity contribution is -0.385. The molecule has 0 unspecified atom stereocenters. The molecule has 3 aromatic carbocycles.